The topological polar surface area (TPSA) is 62.7 Å². The quantitative estimate of drug-likeness (QED) is 0.850. The number of nitrogens with zero attached hydrogens (tertiary/aromatic N) is 2. The molecule has 2 heterocycles. The molecule has 25 heavy (non-hydrogen) atoms. The van der Waals surface area contributed by atoms with Gasteiger partial charge in [0.2, 0.25) is 0 Å². The van der Waals surface area contributed by atoms with E-state index in [0.717, 1.165) is 35.0 Å². The summed E-state index contributed by atoms with van der Waals surface area (Å²) < 4.78 is 5.47. The number of aliphatic carboxylic acids is 1. The van der Waals surface area contributed by atoms with Crippen molar-refractivity contribution in [3.8, 4) is 16.3 Å². The van der Waals surface area contributed by atoms with E-state index in [9.17, 15) is 9.90 Å². The van der Waals surface area contributed by atoms with Crippen LogP contribution in [0.1, 0.15) is 26.0 Å². The first kappa shape index (κ1) is 17.9. The van der Waals surface area contributed by atoms with Crippen LogP contribution in [0.15, 0.2) is 29.6 Å². The summed E-state index contributed by atoms with van der Waals surface area (Å²) in [6.45, 7) is 7.00. The fraction of sp³-hybridized carbons (Fsp3) is 0.474. The molecule has 1 aromatic carbocycles. The van der Waals surface area contributed by atoms with Gasteiger partial charge in [-0.15, -0.1) is 11.3 Å². The van der Waals surface area contributed by atoms with Gasteiger partial charge in [-0.05, 0) is 43.5 Å². The molecule has 3 rings (SSSR count). The van der Waals surface area contributed by atoms with Gasteiger partial charge < -0.3 is 9.84 Å². The number of carbonyl (C=O) groups is 1. The summed E-state index contributed by atoms with van der Waals surface area (Å²) in [5.41, 5.74) is 2.09. The number of carboxylic acids is 1. The van der Waals surface area contributed by atoms with Crippen molar-refractivity contribution >= 4 is 17.3 Å². The Labute approximate surface area is 152 Å². The molecule has 0 bridgehead atoms. The first-order valence-corrected chi connectivity index (χ1v) is 9.56. The molecule has 6 heteroatoms. The smallest absolute Gasteiger partial charge is 0.307 e. The van der Waals surface area contributed by atoms with Crippen molar-refractivity contribution in [1.82, 2.24) is 9.88 Å². The Hall–Kier alpha value is -1.92. The molecule has 2 unspecified atom stereocenters. The molecule has 1 fully saturated rings. The van der Waals surface area contributed by atoms with Gasteiger partial charge in [-0.1, -0.05) is 6.92 Å². The largest absolute Gasteiger partial charge is 0.494 e. The van der Waals surface area contributed by atoms with Crippen molar-refractivity contribution in [3.63, 3.8) is 0 Å². The SMILES string of the molecule is CCOc1ccc(-c2nc(CN3CC(C)CC(C(=O)O)C3)cs2)cc1. The molecule has 134 valence electrons. The molecule has 0 aliphatic carbocycles. The third-order valence-electron chi connectivity index (χ3n) is 4.43. The van der Waals surface area contributed by atoms with Gasteiger partial charge in [0.05, 0.1) is 18.2 Å². The Balaban J connectivity index is 1.66. The van der Waals surface area contributed by atoms with Gasteiger partial charge >= 0.3 is 5.97 Å². The molecule has 2 atom stereocenters. The Morgan fingerprint density at radius 2 is 2.12 bits per heavy atom. The standard InChI is InChI=1S/C19H24N2O3S/c1-3-24-17-6-4-14(5-7-17)18-20-16(12-25-18)11-21-9-13(2)8-15(10-21)19(22)23/h4-7,12-13,15H,3,8-11H2,1-2H3,(H,22,23). The zero-order valence-corrected chi connectivity index (χ0v) is 15.5. The van der Waals surface area contributed by atoms with E-state index < -0.39 is 5.97 Å². The predicted molar refractivity (Wildman–Crippen MR) is 98.9 cm³/mol. The van der Waals surface area contributed by atoms with Crippen LogP contribution in [-0.4, -0.2) is 40.7 Å². The van der Waals surface area contributed by atoms with E-state index >= 15 is 0 Å². The van der Waals surface area contributed by atoms with E-state index in [1.165, 1.54) is 0 Å². The first-order chi connectivity index (χ1) is 12.0. The van der Waals surface area contributed by atoms with Crippen LogP contribution in [0.4, 0.5) is 0 Å². The number of rotatable bonds is 6. The summed E-state index contributed by atoms with van der Waals surface area (Å²) in [5, 5.41) is 12.4. The average molecular weight is 360 g/mol. The van der Waals surface area contributed by atoms with Crippen molar-refractivity contribution in [2.45, 2.75) is 26.8 Å². The normalized spacial score (nSPS) is 21.2. The Bertz CT molecular complexity index is 714. The highest BCUT2D eigenvalue weighted by atomic mass is 32.1. The highest BCUT2D eigenvalue weighted by molar-refractivity contribution is 7.13. The minimum Gasteiger partial charge on any atom is -0.494 e. The molecule has 1 N–H and O–H groups in total. The molecule has 2 aromatic rings. The van der Waals surface area contributed by atoms with Gasteiger partial charge in [0.1, 0.15) is 10.8 Å². The number of benzene rings is 1. The lowest BCUT2D eigenvalue weighted by Crippen LogP contribution is -2.42. The third kappa shape index (κ3) is 4.58. The minimum absolute atomic E-state index is 0.270. The van der Waals surface area contributed by atoms with Crippen LogP contribution in [0.5, 0.6) is 5.75 Å². The van der Waals surface area contributed by atoms with Crippen LogP contribution in [0.25, 0.3) is 10.6 Å². The van der Waals surface area contributed by atoms with Gasteiger partial charge in [0.15, 0.2) is 0 Å². The van der Waals surface area contributed by atoms with Crippen LogP contribution in [0, 0.1) is 11.8 Å². The van der Waals surface area contributed by atoms with E-state index in [-0.39, 0.29) is 5.92 Å². The Kier molecular flexibility index (Phi) is 5.71. The van der Waals surface area contributed by atoms with Gasteiger partial charge in [0.25, 0.3) is 0 Å². The number of thiazole rings is 1. The van der Waals surface area contributed by atoms with Gasteiger partial charge in [-0.2, -0.15) is 0 Å². The second-order valence-corrected chi connectivity index (χ2v) is 7.53. The summed E-state index contributed by atoms with van der Waals surface area (Å²) in [5.74, 6) is 0.307. The van der Waals surface area contributed by atoms with Crippen LogP contribution in [0.3, 0.4) is 0 Å². The van der Waals surface area contributed by atoms with E-state index in [1.807, 2.05) is 31.2 Å². The zero-order valence-electron chi connectivity index (χ0n) is 14.6. The molecule has 0 saturated carbocycles. The molecule has 0 radical (unpaired) electrons. The molecule has 1 aromatic heterocycles. The summed E-state index contributed by atoms with van der Waals surface area (Å²) in [6.07, 6.45) is 0.764. The van der Waals surface area contributed by atoms with Crippen molar-refractivity contribution < 1.29 is 14.6 Å². The maximum absolute atomic E-state index is 11.3. The Morgan fingerprint density at radius 3 is 2.80 bits per heavy atom. The van der Waals surface area contributed by atoms with Gasteiger partial charge in [-0.3, -0.25) is 9.69 Å². The van der Waals surface area contributed by atoms with Crippen molar-refractivity contribution in [2.24, 2.45) is 11.8 Å². The number of hydrogen-bond acceptors (Lipinski definition) is 5. The molecule has 0 amide bonds. The molecule has 5 nitrogen and oxygen atoms in total. The van der Waals surface area contributed by atoms with E-state index in [2.05, 4.69) is 17.2 Å². The monoisotopic (exact) mass is 360 g/mol. The molecule has 0 spiro atoms. The van der Waals surface area contributed by atoms with E-state index in [0.29, 0.717) is 25.6 Å². The third-order valence-corrected chi connectivity index (χ3v) is 5.37. The van der Waals surface area contributed by atoms with Crippen LogP contribution >= 0.6 is 11.3 Å². The number of likely N-dealkylation sites (tertiary alicyclic amines) is 1. The lowest BCUT2D eigenvalue weighted by atomic mass is 9.90. The fourth-order valence-electron chi connectivity index (χ4n) is 3.37. The summed E-state index contributed by atoms with van der Waals surface area (Å²) in [7, 11) is 0. The second-order valence-electron chi connectivity index (χ2n) is 6.67. The highest BCUT2D eigenvalue weighted by Crippen LogP contribution is 2.28. The summed E-state index contributed by atoms with van der Waals surface area (Å²) in [6, 6.07) is 7.97. The lowest BCUT2D eigenvalue weighted by Gasteiger charge is -2.34. The van der Waals surface area contributed by atoms with Crippen molar-refractivity contribution in [3.05, 3.63) is 35.3 Å². The lowest BCUT2D eigenvalue weighted by molar-refractivity contribution is -0.144. The average Bonchev–Trinajstić information content (AvgIpc) is 3.03. The number of piperidine rings is 1. The first-order valence-electron chi connectivity index (χ1n) is 8.68. The zero-order chi connectivity index (χ0) is 17.8. The molecule has 1 saturated heterocycles. The van der Waals surface area contributed by atoms with E-state index in [4.69, 9.17) is 9.72 Å². The van der Waals surface area contributed by atoms with E-state index in [1.54, 1.807) is 11.3 Å². The number of aromatic nitrogens is 1. The summed E-state index contributed by atoms with van der Waals surface area (Å²) >= 11 is 1.62. The second kappa shape index (κ2) is 7.97. The van der Waals surface area contributed by atoms with Crippen molar-refractivity contribution in [2.75, 3.05) is 19.7 Å². The molecule has 1 aliphatic heterocycles. The van der Waals surface area contributed by atoms with Crippen LogP contribution in [0.2, 0.25) is 0 Å². The molecular weight excluding hydrogens is 336 g/mol. The minimum atomic E-state index is -0.690. The van der Waals surface area contributed by atoms with Crippen LogP contribution in [-0.2, 0) is 11.3 Å². The number of ether oxygens (including phenoxy) is 1. The summed E-state index contributed by atoms with van der Waals surface area (Å²) in [4.78, 5) is 18.3. The molecule has 1 aliphatic rings. The predicted octanol–water partition coefficient (Wildman–Crippen LogP) is 3.75. The van der Waals surface area contributed by atoms with Crippen molar-refractivity contribution in [1.29, 1.82) is 0 Å². The van der Waals surface area contributed by atoms with Gasteiger partial charge in [-0.25, -0.2) is 4.98 Å². The van der Waals surface area contributed by atoms with Gasteiger partial charge in [0, 0.05) is 30.6 Å². The number of hydrogen-bond donors (Lipinski definition) is 1. The van der Waals surface area contributed by atoms with Crippen LogP contribution < -0.4 is 4.74 Å². The fourth-order valence-corrected chi connectivity index (χ4v) is 4.19. The molecular formula is C19H24N2O3S. The maximum Gasteiger partial charge on any atom is 0.307 e. The number of carboxylic acid groups (broad SMARTS) is 1. The highest BCUT2D eigenvalue weighted by Gasteiger charge is 2.29. The Morgan fingerprint density at radius 1 is 1.36 bits per heavy atom. The maximum atomic E-state index is 11.3.